The SMILES string of the molecule is CN1CCC[C@@H](CCC(=O)N2CCCN(Cc3ccc(F)cc3)CC2)C1. The van der Waals surface area contributed by atoms with Crippen LogP contribution in [0, 0.1) is 11.7 Å². The van der Waals surface area contributed by atoms with Crippen LogP contribution in [0.1, 0.15) is 37.7 Å². The van der Waals surface area contributed by atoms with Crippen molar-refractivity contribution in [2.75, 3.05) is 46.3 Å². The van der Waals surface area contributed by atoms with Crippen LogP contribution in [-0.4, -0.2) is 66.9 Å². The largest absolute Gasteiger partial charge is 0.341 e. The first-order valence-corrected chi connectivity index (χ1v) is 10.0. The lowest BCUT2D eigenvalue weighted by Gasteiger charge is -2.30. The van der Waals surface area contributed by atoms with Gasteiger partial charge in [-0.15, -0.1) is 0 Å². The summed E-state index contributed by atoms with van der Waals surface area (Å²) < 4.78 is 13.0. The Morgan fingerprint density at radius 1 is 1.08 bits per heavy atom. The van der Waals surface area contributed by atoms with Crippen LogP contribution in [0.3, 0.4) is 0 Å². The fourth-order valence-electron chi connectivity index (χ4n) is 4.22. The molecule has 2 aliphatic heterocycles. The molecule has 0 radical (unpaired) electrons. The molecule has 3 rings (SSSR count). The van der Waals surface area contributed by atoms with E-state index < -0.39 is 0 Å². The number of rotatable bonds is 5. The van der Waals surface area contributed by atoms with Crippen LogP contribution in [0.25, 0.3) is 0 Å². The highest BCUT2D eigenvalue weighted by atomic mass is 19.1. The zero-order valence-corrected chi connectivity index (χ0v) is 16.0. The second kappa shape index (κ2) is 9.47. The molecule has 1 amide bonds. The van der Waals surface area contributed by atoms with Crippen molar-refractivity contribution < 1.29 is 9.18 Å². The first kappa shape index (κ1) is 19.3. The van der Waals surface area contributed by atoms with E-state index in [0.717, 1.165) is 57.7 Å². The molecule has 2 fully saturated rings. The number of nitrogens with zero attached hydrogens (tertiary/aromatic N) is 3. The summed E-state index contributed by atoms with van der Waals surface area (Å²) in [5, 5.41) is 0. The van der Waals surface area contributed by atoms with Crippen LogP contribution in [0.15, 0.2) is 24.3 Å². The van der Waals surface area contributed by atoms with E-state index in [1.165, 1.54) is 31.5 Å². The minimum Gasteiger partial charge on any atom is -0.341 e. The van der Waals surface area contributed by atoms with Gasteiger partial charge in [-0.25, -0.2) is 4.39 Å². The molecular formula is C21H32FN3O. The Labute approximate surface area is 157 Å². The average Bonchev–Trinajstić information content (AvgIpc) is 2.87. The summed E-state index contributed by atoms with van der Waals surface area (Å²) >= 11 is 0. The summed E-state index contributed by atoms with van der Waals surface area (Å²) in [6.45, 7) is 6.73. The van der Waals surface area contributed by atoms with Gasteiger partial charge in [0.15, 0.2) is 0 Å². The lowest BCUT2D eigenvalue weighted by molar-refractivity contribution is -0.131. The molecule has 1 aromatic carbocycles. The zero-order valence-electron chi connectivity index (χ0n) is 16.0. The van der Waals surface area contributed by atoms with Crippen molar-refractivity contribution in [1.29, 1.82) is 0 Å². The molecule has 0 aliphatic carbocycles. The standard InChI is InChI=1S/C21H32FN3O/c1-23-11-2-4-18(16-23)7-10-21(26)25-13-3-12-24(14-15-25)17-19-5-8-20(22)9-6-19/h5-6,8-9,18H,2-4,7,10-17H2,1H3/t18-/m0/s1. The van der Waals surface area contributed by atoms with Gasteiger partial charge < -0.3 is 9.80 Å². The van der Waals surface area contributed by atoms with Gasteiger partial charge >= 0.3 is 0 Å². The third-order valence-corrected chi connectivity index (χ3v) is 5.75. The van der Waals surface area contributed by atoms with Gasteiger partial charge in [-0.3, -0.25) is 9.69 Å². The summed E-state index contributed by atoms with van der Waals surface area (Å²) in [7, 11) is 2.18. The zero-order chi connectivity index (χ0) is 18.4. The minimum absolute atomic E-state index is 0.189. The minimum atomic E-state index is -0.189. The highest BCUT2D eigenvalue weighted by Crippen LogP contribution is 2.20. The Kier molecular flexibility index (Phi) is 7.03. The van der Waals surface area contributed by atoms with E-state index in [2.05, 4.69) is 21.7 Å². The number of carbonyl (C=O) groups is 1. The van der Waals surface area contributed by atoms with Gasteiger partial charge in [0.1, 0.15) is 5.82 Å². The van der Waals surface area contributed by atoms with E-state index in [4.69, 9.17) is 0 Å². The first-order chi connectivity index (χ1) is 12.6. The summed E-state index contributed by atoms with van der Waals surface area (Å²) in [4.78, 5) is 19.4. The highest BCUT2D eigenvalue weighted by Gasteiger charge is 2.22. The Balaban J connectivity index is 1.42. The predicted octanol–water partition coefficient (Wildman–Crippen LogP) is 2.98. The van der Waals surface area contributed by atoms with Gasteiger partial charge in [0.2, 0.25) is 5.91 Å². The Morgan fingerprint density at radius 3 is 2.65 bits per heavy atom. The maximum Gasteiger partial charge on any atom is 0.222 e. The number of piperidine rings is 1. The van der Waals surface area contributed by atoms with E-state index in [0.29, 0.717) is 18.2 Å². The number of amides is 1. The van der Waals surface area contributed by atoms with Crippen molar-refractivity contribution in [2.24, 2.45) is 5.92 Å². The first-order valence-electron chi connectivity index (χ1n) is 10.0. The fraction of sp³-hybridized carbons (Fsp3) is 0.667. The molecule has 4 nitrogen and oxygen atoms in total. The molecule has 1 atom stereocenters. The quantitative estimate of drug-likeness (QED) is 0.807. The average molecular weight is 362 g/mol. The molecule has 144 valence electrons. The Hall–Kier alpha value is -1.46. The predicted molar refractivity (Wildman–Crippen MR) is 102 cm³/mol. The monoisotopic (exact) mass is 361 g/mol. The van der Waals surface area contributed by atoms with E-state index >= 15 is 0 Å². The molecule has 0 saturated carbocycles. The Bertz CT molecular complexity index is 577. The van der Waals surface area contributed by atoms with Crippen molar-refractivity contribution in [3.05, 3.63) is 35.6 Å². The van der Waals surface area contributed by atoms with Crippen LogP contribution >= 0.6 is 0 Å². The van der Waals surface area contributed by atoms with Crippen molar-refractivity contribution in [1.82, 2.24) is 14.7 Å². The molecule has 2 saturated heterocycles. The van der Waals surface area contributed by atoms with Crippen LogP contribution in [0.2, 0.25) is 0 Å². The van der Waals surface area contributed by atoms with Gasteiger partial charge in [0.25, 0.3) is 0 Å². The third-order valence-electron chi connectivity index (χ3n) is 5.75. The van der Waals surface area contributed by atoms with Crippen LogP contribution < -0.4 is 0 Å². The van der Waals surface area contributed by atoms with Gasteiger partial charge in [-0.2, -0.15) is 0 Å². The molecule has 5 heteroatoms. The second-order valence-corrected chi connectivity index (χ2v) is 7.95. The van der Waals surface area contributed by atoms with E-state index in [1.54, 1.807) is 0 Å². The summed E-state index contributed by atoms with van der Waals surface area (Å²) in [6.07, 6.45) is 5.26. The molecular weight excluding hydrogens is 329 g/mol. The molecule has 0 bridgehead atoms. The van der Waals surface area contributed by atoms with Gasteiger partial charge in [-0.05, 0) is 62.9 Å². The highest BCUT2D eigenvalue weighted by molar-refractivity contribution is 5.76. The van der Waals surface area contributed by atoms with Gasteiger partial charge in [0, 0.05) is 45.7 Å². The number of halogens is 1. The van der Waals surface area contributed by atoms with Gasteiger partial charge in [0.05, 0.1) is 0 Å². The van der Waals surface area contributed by atoms with Crippen LogP contribution in [0.4, 0.5) is 4.39 Å². The smallest absolute Gasteiger partial charge is 0.222 e. The molecule has 0 unspecified atom stereocenters. The molecule has 0 spiro atoms. The molecule has 0 N–H and O–H groups in total. The number of hydrogen-bond acceptors (Lipinski definition) is 3. The normalized spacial score (nSPS) is 23.0. The number of carbonyl (C=O) groups excluding carboxylic acids is 1. The maximum atomic E-state index is 13.0. The van der Waals surface area contributed by atoms with Gasteiger partial charge in [-0.1, -0.05) is 12.1 Å². The fourth-order valence-corrected chi connectivity index (χ4v) is 4.22. The molecule has 1 aromatic rings. The maximum absolute atomic E-state index is 13.0. The van der Waals surface area contributed by atoms with Crippen molar-refractivity contribution in [3.8, 4) is 0 Å². The number of hydrogen-bond donors (Lipinski definition) is 0. The molecule has 2 heterocycles. The van der Waals surface area contributed by atoms with Crippen LogP contribution in [0.5, 0.6) is 0 Å². The summed E-state index contributed by atoms with van der Waals surface area (Å²) in [5.74, 6) is 0.812. The summed E-state index contributed by atoms with van der Waals surface area (Å²) in [5.41, 5.74) is 1.13. The van der Waals surface area contributed by atoms with Crippen molar-refractivity contribution >= 4 is 5.91 Å². The topological polar surface area (TPSA) is 26.8 Å². The molecule has 0 aromatic heterocycles. The van der Waals surface area contributed by atoms with Crippen molar-refractivity contribution in [3.63, 3.8) is 0 Å². The lowest BCUT2D eigenvalue weighted by Crippen LogP contribution is -2.36. The van der Waals surface area contributed by atoms with Crippen LogP contribution in [-0.2, 0) is 11.3 Å². The molecule has 2 aliphatic rings. The number of likely N-dealkylation sites (tertiary alicyclic amines) is 1. The van der Waals surface area contributed by atoms with E-state index in [9.17, 15) is 9.18 Å². The molecule has 26 heavy (non-hydrogen) atoms. The third kappa shape index (κ3) is 5.78. The van der Waals surface area contributed by atoms with E-state index in [-0.39, 0.29) is 5.82 Å². The Morgan fingerprint density at radius 2 is 1.88 bits per heavy atom. The van der Waals surface area contributed by atoms with Crippen molar-refractivity contribution in [2.45, 2.75) is 38.6 Å². The lowest BCUT2D eigenvalue weighted by atomic mass is 9.93. The second-order valence-electron chi connectivity index (χ2n) is 7.95. The number of benzene rings is 1. The van der Waals surface area contributed by atoms with E-state index in [1.807, 2.05) is 12.1 Å². The summed E-state index contributed by atoms with van der Waals surface area (Å²) in [6, 6.07) is 6.74.